The minimum absolute atomic E-state index is 0.578. The van der Waals surface area contributed by atoms with Gasteiger partial charge in [-0.05, 0) is 43.9 Å². The number of thiazole rings is 1. The molecule has 2 saturated heterocycles. The molecule has 1 aromatic heterocycles. The molecule has 0 bridgehead atoms. The average molecular weight is 327 g/mol. The number of aryl methyl sites for hydroxylation is 2. The summed E-state index contributed by atoms with van der Waals surface area (Å²) in [5.74, 6) is 1.56. The molecule has 2 fully saturated rings. The predicted molar refractivity (Wildman–Crippen MR) is 95.7 cm³/mol. The Morgan fingerprint density at radius 1 is 1.17 bits per heavy atom. The zero-order valence-corrected chi connectivity index (χ0v) is 15.0. The first-order valence-corrected chi connectivity index (χ1v) is 9.33. The lowest BCUT2D eigenvalue weighted by atomic mass is 9.88. The lowest BCUT2D eigenvalue weighted by molar-refractivity contribution is 0.225. The van der Waals surface area contributed by atoms with E-state index in [9.17, 15) is 0 Å². The van der Waals surface area contributed by atoms with Gasteiger partial charge in [0, 0.05) is 43.3 Å². The molecule has 3 nitrogen and oxygen atoms in total. The van der Waals surface area contributed by atoms with Crippen molar-refractivity contribution in [1.82, 2.24) is 14.8 Å². The highest BCUT2D eigenvalue weighted by atomic mass is 32.1. The summed E-state index contributed by atoms with van der Waals surface area (Å²) in [5.41, 5.74) is 2.96. The van der Waals surface area contributed by atoms with E-state index in [1.165, 1.54) is 40.6 Å². The number of likely N-dealkylation sites (tertiary alicyclic amines) is 2. The number of fused-ring (bicyclic) bond motifs is 1. The highest BCUT2D eigenvalue weighted by molar-refractivity contribution is 7.11. The molecular weight excluding hydrogens is 302 g/mol. The molecule has 2 aliphatic rings. The van der Waals surface area contributed by atoms with Gasteiger partial charge in [0.1, 0.15) is 0 Å². The molecule has 0 spiro atoms. The van der Waals surface area contributed by atoms with Crippen LogP contribution in [0.1, 0.15) is 27.1 Å². The van der Waals surface area contributed by atoms with Crippen LogP contribution in [0.25, 0.3) is 0 Å². The van der Waals surface area contributed by atoms with Gasteiger partial charge in [0.2, 0.25) is 0 Å². The number of rotatable bonds is 3. The van der Waals surface area contributed by atoms with Crippen LogP contribution in [-0.2, 0) is 6.54 Å². The largest absolute Gasteiger partial charge is 0.299 e. The van der Waals surface area contributed by atoms with Crippen molar-refractivity contribution in [2.24, 2.45) is 11.8 Å². The quantitative estimate of drug-likeness (QED) is 0.860. The van der Waals surface area contributed by atoms with E-state index < -0.39 is 0 Å². The van der Waals surface area contributed by atoms with Crippen LogP contribution in [0.5, 0.6) is 0 Å². The van der Waals surface area contributed by atoms with Gasteiger partial charge in [-0.1, -0.05) is 24.3 Å². The second-order valence-electron chi connectivity index (χ2n) is 7.20. The normalized spacial score (nSPS) is 28.4. The second-order valence-corrected chi connectivity index (χ2v) is 8.52. The molecule has 3 atom stereocenters. The highest BCUT2D eigenvalue weighted by Crippen LogP contribution is 2.45. The van der Waals surface area contributed by atoms with E-state index in [1.807, 2.05) is 11.3 Å². The molecule has 0 radical (unpaired) electrons. The molecule has 2 aromatic rings. The number of hydrogen-bond donors (Lipinski definition) is 0. The maximum Gasteiger partial charge on any atom is 0.0897 e. The number of hydrogen-bond acceptors (Lipinski definition) is 4. The maximum absolute atomic E-state index is 4.40. The zero-order chi connectivity index (χ0) is 16.0. The van der Waals surface area contributed by atoms with E-state index in [0.717, 1.165) is 18.4 Å². The van der Waals surface area contributed by atoms with Crippen molar-refractivity contribution in [2.45, 2.75) is 26.4 Å². The Bertz CT molecular complexity index is 695. The third kappa shape index (κ3) is 2.84. The third-order valence-corrected chi connectivity index (χ3v) is 6.42. The predicted octanol–water partition coefficient (Wildman–Crippen LogP) is 3.49. The number of nitrogens with zero attached hydrogens (tertiary/aromatic N) is 3. The van der Waals surface area contributed by atoms with Crippen LogP contribution in [0.15, 0.2) is 30.5 Å². The van der Waals surface area contributed by atoms with Gasteiger partial charge in [0.25, 0.3) is 0 Å². The van der Waals surface area contributed by atoms with Crippen molar-refractivity contribution in [3.63, 3.8) is 0 Å². The molecule has 0 amide bonds. The Balaban J connectivity index is 1.52. The van der Waals surface area contributed by atoms with Crippen LogP contribution in [0.2, 0.25) is 0 Å². The van der Waals surface area contributed by atoms with Gasteiger partial charge in [-0.3, -0.25) is 9.80 Å². The van der Waals surface area contributed by atoms with Crippen LogP contribution >= 0.6 is 11.3 Å². The van der Waals surface area contributed by atoms with Crippen LogP contribution < -0.4 is 0 Å². The molecule has 0 unspecified atom stereocenters. The van der Waals surface area contributed by atoms with E-state index in [2.05, 4.69) is 66.1 Å². The lowest BCUT2D eigenvalue weighted by Gasteiger charge is -2.27. The summed E-state index contributed by atoms with van der Waals surface area (Å²) in [4.78, 5) is 11.0. The van der Waals surface area contributed by atoms with E-state index in [0.29, 0.717) is 6.04 Å². The Morgan fingerprint density at radius 3 is 2.74 bits per heavy atom. The van der Waals surface area contributed by atoms with E-state index >= 15 is 0 Å². The number of benzene rings is 1. The van der Waals surface area contributed by atoms with Crippen LogP contribution in [0.4, 0.5) is 0 Å². The average Bonchev–Trinajstić information content (AvgIpc) is 3.15. The van der Waals surface area contributed by atoms with Crippen molar-refractivity contribution in [3.05, 3.63) is 51.5 Å². The molecule has 4 heteroatoms. The second kappa shape index (κ2) is 6.00. The first-order valence-electron chi connectivity index (χ1n) is 8.51. The third-order valence-electron chi connectivity index (χ3n) is 5.53. The maximum atomic E-state index is 4.40. The SMILES string of the molecule is Cc1ncc(CN2C[C@@H]3CN(C)[C@@H](c4ccccc4C)[C@@H]3C2)s1. The summed E-state index contributed by atoms with van der Waals surface area (Å²) in [7, 11) is 2.30. The zero-order valence-electron chi connectivity index (χ0n) is 14.2. The van der Waals surface area contributed by atoms with Crippen molar-refractivity contribution < 1.29 is 0 Å². The topological polar surface area (TPSA) is 19.4 Å². The van der Waals surface area contributed by atoms with Crippen LogP contribution in [-0.4, -0.2) is 41.5 Å². The summed E-state index contributed by atoms with van der Waals surface area (Å²) in [5, 5.41) is 1.18. The van der Waals surface area contributed by atoms with E-state index in [1.54, 1.807) is 0 Å². The van der Waals surface area contributed by atoms with Gasteiger partial charge < -0.3 is 0 Å². The van der Waals surface area contributed by atoms with Crippen molar-refractivity contribution in [2.75, 3.05) is 26.7 Å². The first-order chi connectivity index (χ1) is 11.1. The van der Waals surface area contributed by atoms with Gasteiger partial charge in [0.15, 0.2) is 0 Å². The molecule has 0 N–H and O–H groups in total. The van der Waals surface area contributed by atoms with Gasteiger partial charge in [-0.25, -0.2) is 4.98 Å². The van der Waals surface area contributed by atoms with Crippen LogP contribution in [0.3, 0.4) is 0 Å². The highest BCUT2D eigenvalue weighted by Gasteiger charge is 2.46. The minimum Gasteiger partial charge on any atom is -0.299 e. The molecule has 0 aliphatic carbocycles. The summed E-state index contributed by atoms with van der Waals surface area (Å²) in [6.45, 7) is 9.09. The lowest BCUT2D eigenvalue weighted by Crippen LogP contribution is -2.29. The van der Waals surface area contributed by atoms with Gasteiger partial charge in [-0.2, -0.15) is 0 Å². The monoisotopic (exact) mass is 327 g/mol. The Morgan fingerprint density at radius 2 is 2.00 bits per heavy atom. The molecule has 2 aliphatic heterocycles. The number of aromatic nitrogens is 1. The molecule has 3 heterocycles. The van der Waals surface area contributed by atoms with Crippen LogP contribution in [0, 0.1) is 25.7 Å². The van der Waals surface area contributed by atoms with Crippen molar-refractivity contribution >= 4 is 11.3 Å². The van der Waals surface area contributed by atoms with Crippen molar-refractivity contribution in [3.8, 4) is 0 Å². The molecular formula is C19H25N3S. The molecule has 1 aromatic carbocycles. The molecule has 122 valence electrons. The fourth-order valence-electron chi connectivity index (χ4n) is 4.56. The standard InChI is InChI=1S/C19H25N3S/c1-13-6-4-5-7-17(13)19-18-12-22(10-15(18)9-21(19)3)11-16-8-20-14(2)23-16/h4-8,15,18-19H,9-12H2,1-3H3/t15-,18+,19-/m0/s1. The van der Waals surface area contributed by atoms with E-state index in [4.69, 9.17) is 0 Å². The minimum atomic E-state index is 0.578. The first kappa shape index (κ1) is 15.3. The van der Waals surface area contributed by atoms with E-state index in [-0.39, 0.29) is 0 Å². The Labute approximate surface area is 143 Å². The van der Waals surface area contributed by atoms with Crippen molar-refractivity contribution in [1.29, 1.82) is 0 Å². The Hall–Kier alpha value is -1.23. The molecule has 4 rings (SSSR count). The fraction of sp³-hybridized carbons (Fsp3) is 0.526. The smallest absolute Gasteiger partial charge is 0.0897 e. The molecule has 23 heavy (non-hydrogen) atoms. The fourth-order valence-corrected chi connectivity index (χ4v) is 5.40. The van der Waals surface area contributed by atoms with Gasteiger partial charge >= 0.3 is 0 Å². The summed E-state index contributed by atoms with van der Waals surface area (Å²) < 4.78 is 0. The molecule has 0 saturated carbocycles. The van der Waals surface area contributed by atoms with Gasteiger partial charge in [0.05, 0.1) is 5.01 Å². The van der Waals surface area contributed by atoms with Gasteiger partial charge in [-0.15, -0.1) is 11.3 Å². The Kier molecular flexibility index (Phi) is 4.00. The summed E-state index contributed by atoms with van der Waals surface area (Å²) >= 11 is 1.84. The summed E-state index contributed by atoms with van der Waals surface area (Å²) in [6.07, 6.45) is 2.05. The summed E-state index contributed by atoms with van der Waals surface area (Å²) in [6, 6.07) is 9.50.